The number of rotatable bonds is 4. The van der Waals surface area contributed by atoms with Crippen LogP contribution in [-0.2, 0) is 11.0 Å². The van der Waals surface area contributed by atoms with Crippen LogP contribution in [0.5, 0.6) is 0 Å². The quantitative estimate of drug-likeness (QED) is 0.659. The van der Waals surface area contributed by atoms with E-state index in [1.807, 2.05) is 10.6 Å². The van der Waals surface area contributed by atoms with Gasteiger partial charge in [0.15, 0.2) is 0 Å². The van der Waals surface area contributed by atoms with E-state index in [4.69, 9.17) is 0 Å². The van der Waals surface area contributed by atoms with E-state index in [-0.39, 0.29) is 17.8 Å². The number of benzene rings is 1. The maximum atomic E-state index is 12.4. The minimum absolute atomic E-state index is 0.0776. The van der Waals surface area contributed by atoms with Crippen LogP contribution in [0, 0.1) is 0 Å². The van der Waals surface area contributed by atoms with Crippen LogP contribution in [0.2, 0.25) is 0 Å². The summed E-state index contributed by atoms with van der Waals surface area (Å²) in [5.41, 5.74) is -1.71. The molecule has 0 spiro atoms. The molecule has 0 saturated carbocycles. The van der Waals surface area contributed by atoms with Gasteiger partial charge in [-0.05, 0) is 18.2 Å². The third-order valence-corrected chi connectivity index (χ3v) is 2.04. The van der Waals surface area contributed by atoms with Crippen molar-refractivity contribution >= 4 is 17.8 Å². The molecule has 0 atom stereocenters. The SMILES string of the molecule is O=CNc1cc(C(F)(F)F)ccc1NCC(F)(F)F. The Kier molecular flexibility index (Phi) is 4.28. The van der Waals surface area contributed by atoms with E-state index in [1.165, 1.54) is 0 Å². The molecular weight excluding hydrogens is 278 g/mol. The van der Waals surface area contributed by atoms with Crippen LogP contribution in [0.4, 0.5) is 37.7 Å². The maximum Gasteiger partial charge on any atom is 0.416 e. The molecule has 0 aliphatic carbocycles. The van der Waals surface area contributed by atoms with Crippen LogP contribution >= 0.6 is 0 Å². The summed E-state index contributed by atoms with van der Waals surface area (Å²) in [7, 11) is 0. The van der Waals surface area contributed by atoms with Gasteiger partial charge in [-0.15, -0.1) is 0 Å². The topological polar surface area (TPSA) is 41.1 Å². The van der Waals surface area contributed by atoms with Gasteiger partial charge in [0.25, 0.3) is 0 Å². The van der Waals surface area contributed by atoms with Crippen molar-refractivity contribution in [3.63, 3.8) is 0 Å². The highest BCUT2D eigenvalue weighted by molar-refractivity contribution is 5.81. The Morgan fingerprint density at radius 3 is 2.16 bits per heavy atom. The summed E-state index contributed by atoms with van der Waals surface area (Å²) in [4.78, 5) is 10.2. The van der Waals surface area contributed by atoms with Crippen molar-refractivity contribution < 1.29 is 31.1 Å². The van der Waals surface area contributed by atoms with Crippen molar-refractivity contribution in [3.05, 3.63) is 23.8 Å². The Bertz CT molecular complexity index is 454. The van der Waals surface area contributed by atoms with Crippen LogP contribution < -0.4 is 10.6 Å². The molecule has 1 aromatic rings. The van der Waals surface area contributed by atoms with Gasteiger partial charge in [-0.2, -0.15) is 26.3 Å². The molecule has 0 aromatic heterocycles. The van der Waals surface area contributed by atoms with E-state index in [2.05, 4.69) is 0 Å². The standard InChI is InChI=1S/C10H8F6N2O/c11-9(12,13)4-17-7-2-1-6(10(14,15)16)3-8(7)18-5-19/h1-3,5,17H,4H2,(H,18,19). The largest absolute Gasteiger partial charge is 0.416 e. The predicted octanol–water partition coefficient (Wildman–Crippen LogP) is 3.25. The lowest BCUT2D eigenvalue weighted by Gasteiger charge is -2.15. The number of hydrogen-bond acceptors (Lipinski definition) is 2. The zero-order chi connectivity index (χ0) is 14.7. The van der Waals surface area contributed by atoms with Gasteiger partial charge in [0, 0.05) is 0 Å². The number of carbonyl (C=O) groups is 1. The van der Waals surface area contributed by atoms with Gasteiger partial charge in [-0.25, -0.2) is 0 Å². The maximum absolute atomic E-state index is 12.4. The number of hydrogen-bond donors (Lipinski definition) is 2. The molecule has 0 aliphatic rings. The Morgan fingerprint density at radius 1 is 1.05 bits per heavy atom. The number of anilines is 2. The molecule has 3 nitrogen and oxygen atoms in total. The summed E-state index contributed by atoms with van der Waals surface area (Å²) in [5, 5.41) is 3.82. The summed E-state index contributed by atoms with van der Waals surface area (Å²) in [6.45, 7) is -1.42. The normalized spacial score (nSPS) is 12.1. The Labute approximate surface area is 103 Å². The van der Waals surface area contributed by atoms with Crippen molar-refractivity contribution in [1.82, 2.24) is 0 Å². The van der Waals surface area contributed by atoms with Crippen molar-refractivity contribution in [2.24, 2.45) is 0 Å². The summed E-state index contributed by atoms with van der Waals surface area (Å²) >= 11 is 0. The zero-order valence-corrected chi connectivity index (χ0v) is 9.19. The lowest BCUT2D eigenvalue weighted by Crippen LogP contribution is -2.22. The van der Waals surface area contributed by atoms with Gasteiger partial charge >= 0.3 is 12.4 Å². The highest BCUT2D eigenvalue weighted by atomic mass is 19.4. The van der Waals surface area contributed by atoms with Crippen molar-refractivity contribution in [1.29, 1.82) is 0 Å². The summed E-state index contributed by atoms with van der Waals surface area (Å²) < 4.78 is 73.2. The highest BCUT2D eigenvalue weighted by Gasteiger charge is 2.31. The van der Waals surface area contributed by atoms with Gasteiger partial charge in [-0.3, -0.25) is 4.79 Å². The second-order valence-corrected chi connectivity index (χ2v) is 3.49. The molecule has 0 heterocycles. The van der Waals surface area contributed by atoms with Crippen molar-refractivity contribution in [2.45, 2.75) is 12.4 Å². The first-order valence-corrected chi connectivity index (χ1v) is 4.85. The van der Waals surface area contributed by atoms with Crippen LogP contribution in [0.15, 0.2) is 18.2 Å². The van der Waals surface area contributed by atoms with Gasteiger partial charge < -0.3 is 10.6 Å². The fourth-order valence-electron chi connectivity index (χ4n) is 1.25. The summed E-state index contributed by atoms with van der Waals surface area (Å²) in [6, 6.07) is 1.99. The first-order valence-electron chi connectivity index (χ1n) is 4.85. The molecule has 0 aliphatic heterocycles. The molecule has 19 heavy (non-hydrogen) atoms. The lowest BCUT2D eigenvalue weighted by atomic mass is 10.1. The van der Waals surface area contributed by atoms with Crippen molar-refractivity contribution in [3.8, 4) is 0 Å². The number of carbonyl (C=O) groups excluding carboxylic acids is 1. The Balaban J connectivity index is 3.01. The lowest BCUT2D eigenvalue weighted by molar-refractivity contribution is -0.137. The van der Waals surface area contributed by atoms with E-state index < -0.39 is 24.5 Å². The minimum atomic E-state index is -4.65. The average molecular weight is 286 g/mol. The predicted molar refractivity (Wildman–Crippen MR) is 55.7 cm³/mol. The number of halogens is 6. The third kappa shape index (κ3) is 4.68. The fourth-order valence-corrected chi connectivity index (χ4v) is 1.25. The molecule has 0 fully saturated rings. The monoisotopic (exact) mass is 286 g/mol. The molecule has 0 bridgehead atoms. The van der Waals surface area contributed by atoms with E-state index in [1.54, 1.807) is 0 Å². The number of nitrogens with one attached hydrogen (secondary N) is 2. The number of amides is 1. The average Bonchev–Trinajstić information content (AvgIpc) is 2.25. The Morgan fingerprint density at radius 2 is 1.68 bits per heavy atom. The van der Waals surface area contributed by atoms with E-state index in [0.29, 0.717) is 12.1 Å². The first kappa shape index (κ1) is 15.1. The van der Waals surface area contributed by atoms with Crippen LogP contribution in [0.3, 0.4) is 0 Å². The van der Waals surface area contributed by atoms with E-state index in [9.17, 15) is 31.1 Å². The van der Waals surface area contributed by atoms with Crippen LogP contribution in [0.1, 0.15) is 5.56 Å². The van der Waals surface area contributed by atoms with Gasteiger partial charge in [0.2, 0.25) is 6.41 Å². The summed E-state index contributed by atoms with van der Waals surface area (Å²) in [5.74, 6) is 0. The second-order valence-electron chi connectivity index (χ2n) is 3.49. The van der Waals surface area contributed by atoms with E-state index >= 15 is 0 Å². The van der Waals surface area contributed by atoms with Gasteiger partial charge in [0.1, 0.15) is 6.54 Å². The zero-order valence-electron chi connectivity index (χ0n) is 9.19. The van der Waals surface area contributed by atoms with Crippen molar-refractivity contribution in [2.75, 3.05) is 17.2 Å². The third-order valence-electron chi connectivity index (χ3n) is 2.04. The molecule has 0 saturated heterocycles. The fraction of sp³-hybridized carbons (Fsp3) is 0.300. The Hall–Kier alpha value is -1.93. The molecule has 1 rings (SSSR count). The first-order chi connectivity index (χ1) is 8.63. The molecule has 0 unspecified atom stereocenters. The molecule has 1 aromatic carbocycles. The van der Waals surface area contributed by atoms with E-state index in [0.717, 1.165) is 6.07 Å². The van der Waals surface area contributed by atoms with Gasteiger partial charge in [-0.1, -0.05) is 0 Å². The molecular formula is C10H8F6N2O. The smallest absolute Gasteiger partial charge is 0.375 e. The number of alkyl halides is 6. The molecule has 1 amide bonds. The second kappa shape index (κ2) is 5.37. The minimum Gasteiger partial charge on any atom is -0.375 e. The van der Waals surface area contributed by atoms with Crippen LogP contribution in [0.25, 0.3) is 0 Å². The molecule has 106 valence electrons. The summed E-state index contributed by atoms with van der Waals surface area (Å²) in [6.07, 6.45) is -9.10. The highest BCUT2D eigenvalue weighted by Crippen LogP contribution is 2.34. The molecule has 0 radical (unpaired) electrons. The van der Waals surface area contributed by atoms with Crippen LogP contribution in [-0.4, -0.2) is 19.1 Å². The van der Waals surface area contributed by atoms with Gasteiger partial charge in [0.05, 0.1) is 16.9 Å². The molecule has 9 heteroatoms. The molecule has 2 N–H and O–H groups in total.